The Morgan fingerprint density at radius 1 is 1.16 bits per heavy atom. The van der Waals surface area contributed by atoms with E-state index in [0.29, 0.717) is 0 Å². The van der Waals surface area contributed by atoms with Crippen LogP contribution in [-0.4, -0.2) is 23.2 Å². The predicted molar refractivity (Wildman–Crippen MR) is 96.3 cm³/mol. The Labute approximate surface area is 151 Å². The number of nitrogens with one attached hydrogen (secondary N) is 1. The summed E-state index contributed by atoms with van der Waals surface area (Å²) in [4.78, 5) is 3.77. The lowest BCUT2D eigenvalue weighted by Crippen LogP contribution is -2.23. The fourth-order valence-corrected chi connectivity index (χ4v) is 3.98. The number of pyridine rings is 1. The van der Waals surface area contributed by atoms with E-state index in [9.17, 15) is 8.42 Å². The fourth-order valence-electron chi connectivity index (χ4n) is 2.52. The summed E-state index contributed by atoms with van der Waals surface area (Å²) in [7, 11) is -3.74. The molecular weight excluding hydrogens is 360 g/mol. The zero-order valence-corrected chi connectivity index (χ0v) is 15.3. The normalized spacial score (nSPS) is 11.6. The Kier molecular flexibility index (Phi) is 4.89. The van der Waals surface area contributed by atoms with Crippen molar-refractivity contribution in [1.29, 1.82) is 0 Å². The van der Waals surface area contributed by atoms with Crippen molar-refractivity contribution in [3.05, 3.63) is 70.8 Å². The van der Waals surface area contributed by atoms with Gasteiger partial charge in [0.2, 0.25) is 10.0 Å². The molecule has 1 N–H and O–H groups in total. The first-order valence-corrected chi connectivity index (χ1v) is 9.46. The molecule has 3 rings (SSSR count). The highest BCUT2D eigenvalue weighted by Gasteiger charge is 2.18. The number of hydrogen-bond acceptors (Lipinski definition) is 4. The second-order valence-corrected chi connectivity index (χ2v) is 7.72. The molecule has 25 heavy (non-hydrogen) atoms. The zero-order valence-electron chi connectivity index (χ0n) is 13.8. The van der Waals surface area contributed by atoms with E-state index in [2.05, 4.69) is 14.8 Å². The Morgan fingerprint density at radius 3 is 2.64 bits per heavy atom. The van der Waals surface area contributed by atoms with Crippen molar-refractivity contribution in [2.45, 2.75) is 25.3 Å². The number of hydrogen-bond donors (Lipinski definition) is 1. The molecular formula is C17H17ClN4O2S. The summed E-state index contributed by atoms with van der Waals surface area (Å²) in [6, 6.07) is 12.5. The van der Waals surface area contributed by atoms with Crippen LogP contribution in [0.5, 0.6) is 0 Å². The van der Waals surface area contributed by atoms with Crippen LogP contribution in [0.1, 0.15) is 17.0 Å². The molecule has 0 amide bonds. The van der Waals surface area contributed by atoms with Gasteiger partial charge in [-0.2, -0.15) is 5.10 Å². The van der Waals surface area contributed by atoms with E-state index >= 15 is 0 Å². The maximum Gasteiger partial charge on any atom is 0.243 e. The summed E-state index contributed by atoms with van der Waals surface area (Å²) in [5.74, 6) is 0. The van der Waals surface area contributed by atoms with Crippen LogP contribution in [0.3, 0.4) is 0 Å². The first-order valence-electron chi connectivity index (χ1n) is 7.59. The van der Waals surface area contributed by atoms with Crippen molar-refractivity contribution in [2.24, 2.45) is 0 Å². The van der Waals surface area contributed by atoms with Gasteiger partial charge < -0.3 is 0 Å². The van der Waals surface area contributed by atoms with Gasteiger partial charge in [0.15, 0.2) is 0 Å². The Balaban J connectivity index is 1.82. The molecule has 0 saturated carbocycles. The van der Waals surface area contributed by atoms with Gasteiger partial charge in [0.25, 0.3) is 0 Å². The van der Waals surface area contributed by atoms with Crippen LogP contribution in [-0.2, 0) is 16.6 Å². The largest absolute Gasteiger partial charge is 0.243 e. The summed E-state index contributed by atoms with van der Waals surface area (Å²) in [5, 5.41) is 4.39. The summed E-state index contributed by atoms with van der Waals surface area (Å²) in [6.07, 6.45) is 1.44. The number of nitrogens with zero attached hydrogens (tertiary/aromatic N) is 3. The lowest BCUT2D eigenvalue weighted by atomic mass is 10.2. The van der Waals surface area contributed by atoms with E-state index in [4.69, 9.17) is 11.6 Å². The monoisotopic (exact) mass is 376 g/mol. The van der Waals surface area contributed by atoms with Crippen LogP contribution in [0.25, 0.3) is 5.69 Å². The third kappa shape index (κ3) is 3.89. The molecule has 0 spiro atoms. The van der Waals surface area contributed by atoms with Crippen molar-refractivity contribution in [3.63, 3.8) is 0 Å². The Hall–Kier alpha value is -2.22. The van der Waals surface area contributed by atoms with Gasteiger partial charge in [-0.1, -0.05) is 23.7 Å². The number of aromatic nitrogens is 3. The molecule has 2 heterocycles. The van der Waals surface area contributed by atoms with Crippen LogP contribution in [0.15, 0.2) is 53.6 Å². The number of sulfonamides is 1. The number of halogens is 1. The molecule has 0 fully saturated rings. The van der Waals surface area contributed by atoms with Crippen LogP contribution >= 0.6 is 11.6 Å². The van der Waals surface area contributed by atoms with E-state index in [1.165, 1.54) is 18.3 Å². The first kappa shape index (κ1) is 17.6. The molecule has 0 bridgehead atoms. The van der Waals surface area contributed by atoms with Crippen LogP contribution in [0.2, 0.25) is 5.15 Å². The molecule has 3 aromatic rings. The second-order valence-electron chi connectivity index (χ2n) is 5.63. The molecule has 0 aliphatic rings. The van der Waals surface area contributed by atoms with Gasteiger partial charge in [-0.05, 0) is 49.7 Å². The van der Waals surface area contributed by atoms with Crippen molar-refractivity contribution >= 4 is 21.6 Å². The topological polar surface area (TPSA) is 76.9 Å². The highest BCUT2D eigenvalue weighted by Crippen LogP contribution is 2.18. The molecule has 0 unspecified atom stereocenters. The van der Waals surface area contributed by atoms with E-state index < -0.39 is 10.0 Å². The van der Waals surface area contributed by atoms with Crippen molar-refractivity contribution in [3.8, 4) is 5.69 Å². The minimum atomic E-state index is -3.74. The molecule has 0 radical (unpaired) electrons. The third-order valence-corrected chi connectivity index (χ3v) is 5.49. The highest BCUT2D eigenvalue weighted by atomic mass is 35.5. The molecule has 2 aromatic heterocycles. The number of rotatable bonds is 5. The summed E-state index contributed by atoms with van der Waals surface area (Å²) < 4.78 is 29.1. The van der Waals surface area contributed by atoms with Gasteiger partial charge in [0.05, 0.1) is 11.4 Å². The maximum absolute atomic E-state index is 12.4. The molecule has 0 atom stereocenters. The van der Waals surface area contributed by atoms with Gasteiger partial charge in [-0.25, -0.2) is 22.8 Å². The summed E-state index contributed by atoms with van der Waals surface area (Å²) >= 11 is 5.87. The average Bonchev–Trinajstić information content (AvgIpc) is 2.92. The van der Waals surface area contributed by atoms with Crippen LogP contribution in [0, 0.1) is 13.8 Å². The van der Waals surface area contributed by atoms with Gasteiger partial charge in [0.1, 0.15) is 10.0 Å². The molecule has 0 aliphatic heterocycles. The molecule has 6 nitrogen and oxygen atoms in total. The molecule has 0 aliphatic carbocycles. The van der Waals surface area contributed by atoms with Gasteiger partial charge in [-0.15, -0.1) is 0 Å². The predicted octanol–water partition coefficient (Wildman–Crippen LogP) is 3.02. The van der Waals surface area contributed by atoms with Crippen molar-refractivity contribution < 1.29 is 8.42 Å². The Morgan fingerprint density at radius 2 is 1.96 bits per heavy atom. The zero-order chi connectivity index (χ0) is 18.0. The summed E-state index contributed by atoms with van der Waals surface area (Å²) in [6.45, 7) is 4.04. The van der Waals surface area contributed by atoms with Crippen LogP contribution in [0.4, 0.5) is 0 Å². The quantitative estimate of drug-likeness (QED) is 0.694. The van der Waals surface area contributed by atoms with Crippen molar-refractivity contribution in [1.82, 2.24) is 19.5 Å². The fraction of sp³-hybridized carbons (Fsp3) is 0.176. The number of benzene rings is 1. The minimum absolute atomic E-state index is 0.0358. The lowest BCUT2D eigenvalue weighted by Gasteiger charge is -2.10. The smallest absolute Gasteiger partial charge is 0.243 e. The molecule has 130 valence electrons. The minimum Gasteiger partial charge on any atom is -0.243 e. The van der Waals surface area contributed by atoms with Gasteiger partial charge in [-0.3, -0.25) is 0 Å². The van der Waals surface area contributed by atoms with E-state index in [0.717, 1.165) is 22.6 Å². The highest BCUT2D eigenvalue weighted by molar-refractivity contribution is 7.89. The third-order valence-electron chi connectivity index (χ3n) is 3.65. The van der Waals surface area contributed by atoms with E-state index in [-0.39, 0.29) is 16.6 Å². The molecule has 1 aromatic carbocycles. The molecule has 8 heteroatoms. The van der Waals surface area contributed by atoms with Gasteiger partial charge in [0, 0.05) is 18.4 Å². The van der Waals surface area contributed by atoms with Gasteiger partial charge >= 0.3 is 0 Å². The summed E-state index contributed by atoms with van der Waals surface area (Å²) in [5.41, 5.74) is 3.63. The van der Waals surface area contributed by atoms with E-state index in [1.807, 2.05) is 48.9 Å². The second kappa shape index (κ2) is 6.95. The van der Waals surface area contributed by atoms with E-state index in [1.54, 1.807) is 0 Å². The Bertz CT molecular complexity index is 1010. The van der Waals surface area contributed by atoms with Crippen LogP contribution < -0.4 is 4.72 Å². The molecule has 0 saturated heterocycles. The SMILES string of the molecule is Cc1cc(C)n(-c2cccc(CNS(=O)(=O)c3cccnc3Cl)c2)n1. The maximum atomic E-state index is 12.4. The average molecular weight is 377 g/mol. The first-order chi connectivity index (χ1) is 11.9. The number of aryl methyl sites for hydroxylation is 2. The standard InChI is InChI=1S/C17H17ClN4O2S/c1-12-9-13(2)22(21-12)15-6-3-5-14(10-15)11-20-25(23,24)16-7-4-8-19-17(16)18/h3-10,20H,11H2,1-2H3. The van der Waals surface area contributed by atoms with Crippen molar-refractivity contribution in [2.75, 3.05) is 0 Å². The lowest BCUT2D eigenvalue weighted by molar-refractivity contribution is 0.581.